The summed E-state index contributed by atoms with van der Waals surface area (Å²) in [5.41, 5.74) is 4.41. The molecule has 0 aromatic heterocycles. The van der Waals surface area contributed by atoms with Gasteiger partial charge < -0.3 is 9.47 Å². The van der Waals surface area contributed by atoms with E-state index in [1.54, 1.807) is 42.7 Å². The number of ether oxygens (including phenoxy) is 2. The molecule has 2 aliphatic rings. The van der Waals surface area contributed by atoms with Crippen molar-refractivity contribution in [3.8, 4) is 16.9 Å². The van der Waals surface area contributed by atoms with E-state index in [1.807, 2.05) is 0 Å². The van der Waals surface area contributed by atoms with Crippen LogP contribution < -0.4 is 10.2 Å². The molecule has 6 nitrogen and oxygen atoms in total. The summed E-state index contributed by atoms with van der Waals surface area (Å²) >= 11 is 0. The summed E-state index contributed by atoms with van der Waals surface area (Å²) in [5.74, 6) is 0.175. The normalized spacial score (nSPS) is 10.7. The lowest BCUT2D eigenvalue weighted by Gasteiger charge is -2.05. The van der Waals surface area contributed by atoms with Crippen LogP contribution in [0.25, 0.3) is 11.1 Å². The minimum atomic E-state index is -0.764. The summed E-state index contributed by atoms with van der Waals surface area (Å²) in [6.45, 7) is 6.09. The average molecular weight is 331 g/mol. The lowest BCUT2D eigenvalue weighted by molar-refractivity contribution is 0.0706. The van der Waals surface area contributed by atoms with Gasteiger partial charge in [0.15, 0.2) is 0 Å². The molecule has 6 heteroatoms. The number of nitrogens with one attached hydrogen (secondary N) is 1. The van der Waals surface area contributed by atoms with E-state index in [0.717, 1.165) is 17.5 Å². The van der Waals surface area contributed by atoms with Crippen molar-refractivity contribution in [2.45, 2.75) is 27.2 Å². The minimum absolute atomic E-state index is 0.227. The number of hydrogen-bond donors (Lipinski definition) is 2. The lowest BCUT2D eigenvalue weighted by Crippen LogP contribution is -2.18. The van der Waals surface area contributed by atoms with Crippen LogP contribution in [-0.4, -0.2) is 23.9 Å². The molecular weight excluding hydrogens is 310 g/mol. The number of carbonyl (C=O) groups excluding carboxylic acids is 2. The van der Waals surface area contributed by atoms with Crippen LogP contribution in [0.15, 0.2) is 30.3 Å². The highest BCUT2D eigenvalue weighted by Crippen LogP contribution is 2.39. The second kappa shape index (κ2) is 7.79. The minimum Gasteiger partial charge on any atom is -0.434 e. The van der Waals surface area contributed by atoms with Crippen LogP contribution in [0.2, 0.25) is 0 Å². The van der Waals surface area contributed by atoms with E-state index in [2.05, 4.69) is 13.8 Å². The van der Waals surface area contributed by atoms with Gasteiger partial charge in [-0.1, -0.05) is 26.0 Å². The SMILES string of the molecule is CCOC(=O)Oc1cc(CC(C)C)c2cc(C(=O)NO)cccc1-2. The van der Waals surface area contributed by atoms with Gasteiger partial charge in [0.2, 0.25) is 0 Å². The Morgan fingerprint density at radius 1 is 1.21 bits per heavy atom. The zero-order valence-corrected chi connectivity index (χ0v) is 14.0. The first-order chi connectivity index (χ1) is 11.5. The van der Waals surface area contributed by atoms with Crippen molar-refractivity contribution < 1.29 is 24.3 Å². The topological polar surface area (TPSA) is 84.9 Å². The van der Waals surface area contributed by atoms with E-state index in [1.165, 1.54) is 0 Å². The largest absolute Gasteiger partial charge is 0.513 e. The Hall–Kier alpha value is -2.60. The Balaban J connectivity index is 2.50. The Morgan fingerprint density at radius 3 is 2.58 bits per heavy atom. The third kappa shape index (κ3) is 4.02. The van der Waals surface area contributed by atoms with Crippen LogP contribution in [0.4, 0.5) is 4.79 Å². The van der Waals surface area contributed by atoms with Crippen molar-refractivity contribution in [3.05, 3.63) is 41.5 Å². The van der Waals surface area contributed by atoms with Gasteiger partial charge in [-0.25, -0.2) is 10.3 Å². The van der Waals surface area contributed by atoms with Crippen LogP contribution in [0, 0.1) is 5.92 Å². The predicted octanol–water partition coefficient (Wildman–Crippen LogP) is 3.64. The maximum absolute atomic E-state index is 11.7. The van der Waals surface area contributed by atoms with Crippen LogP contribution >= 0.6 is 0 Å². The van der Waals surface area contributed by atoms with Gasteiger partial charge in [-0.2, -0.15) is 0 Å². The molecule has 0 unspecified atom stereocenters. The molecule has 2 aliphatic carbocycles. The number of amides is 1. The van der Waals surface area contributed by atoms with Crippen molar-refractivity contribution in [1.82, 2.24) is 5.48 Å². The fraction of sp³-hybridized carbons (Fsp3) is 0.333. The van der Waals surface area contributed by atoms with E-state index >= 15 is 0 Å². The molecule has 0 radical (unpaired) electrons. The lowest BCUT2D eigenvalue weighted by atomic mass is 10.00. The fourth-order valence-corrected chi connectivity index (χ4v) is 2.55. The van der Waals surface area contributed by atoms with Crippen LogP contribution in [-0.2, 0) is 11.2 Å². The highest BCUT2D eigenvalue weighted by atomic mass is 16.7. The molecule has 0 saturated heterocycles. The first-order valence-electron chi connectivity index (χ1n) is 7.81. The third-order valence-electron chi connectivity index (χ3n) is 3.49. The fourth-order valence-electron chi connectivity index (χ4n) is 2.55. The molecule has 1 amide bonds. The zero-order valence-electron chi connectivity index (χ0n) is 14.0. The van der Waals surface area contributed by atoms with Gasteiger partial charge in [-0.3, -0.25) is 10.0 Å². The first kappa shape index (κ1) is 17.7. The molecule has 24 heavy (non-hydrogen) atoms. The molecule has 0 heterocycles. The van der Waals surface area contributed by atoms with Crippen molar-refractivity contribution in [1.29, 1.82) is 0 Å². The summed E-state index contributed by atoms with van der Waals surface area (Å²) in [6, 6.07) is 8.49. The van der Waals surface area contributed by atoms with Crippen LogP contribution in [0.3, 0.4) is 0 Å². The average Bonchev–Trinajstić information content (AvgIpc) is 2.72. The van der Waals surface area contributed by atoms with E-state index in [0.29, 0.717) is 22.8 Å². The van der Waals surface area contributed by atoms with Crippen LogP contribution in [0.1, 0.15) is 36.7 Å². The van der Waals surface area contributed by atoms with E-state index in [4.69, 9.17) is 14.7 Å². The van der Waals surface area contributed by atoms with Gasteiger partial charge in [-0.15, -0.1) is 0 Å². The summed E-state index contributed by atoms with van der Waals surface area (Å²) in [7, 11) is 0. The Labute approximate surface area is 140 Å². The molecule has 0 aliphatic heterocycles. The quantitative estimate of drug-likeness (QED) is 0.496. The third-order valence-corrected chi connectivity index (χ3v) is 3.49. The van der Waals surface area contributed by atoms with Gasteiger partial charge in [-0.05, 0) is 48.6 Å². The molecule has 0 spiro atoms. The van der Waals surface area contributed by atoms with Crippen molar-refractivity contribution >= 4 is 12.1 Å². The molecule has 2 N–H and O–H groups in total. The first-order valence-corrected chi connectivity index (χ1v) is 7.81. The number of fused-ring (bicyclic) bond motifs is 1. The van der Waals surface area contributed by atoms with Crippen molar-refractivity contribution in [2.24, 2.45) is 5.92 Å². The number of carbonyl (C=O) groups is 2. The number of rotatable bonds is 5. The second-order valence-electron chi connectivity index (χ2n) is 5.81. The maximum Gasteiger partial charge on any atom is 0.513 e. The van der Waals surface area contributed by atoms with E-state index in [-0.39, 0.29) is 6.61 Å². The van der Waals surface area contributed by atoms with Gasteiger partial charge in [0.05, 0.1) is 6.61 Å². The number of hydroxylamine groups is 1. The van der Waals surface area contributed by atoms with E-state index < -0.39 is 12.1 Å². The molecule has 0 saturated carbocycles. The van der Waals surface area contributed by atoms with Crippen molar-refractivity contribution in [2.75, 3.05) is 6.61 Å². The smallest absolute Gasteiger partial charge is 0.434 e. The maximum atomic E-state index is 11.7. The number of hydrogen-bond acceptors (Lipinski definition) is 5. The van der Waals surface area contributed by atoms with Gasteiger partial charge in [0, 0.05) is 11.1 Å². The van der Waals surface area contributed by atoms with Crippen LogP contribution in [0.5, 0.6) is 5.75 Å². The molecule has 2 rings (SSSR count). The standard InChI is InChI=1S/C18H21NO5/c1-4-23-18(21)24-16-10-13(8-11(2)3)15-9-12(17(20)19-22)6-5-7-14(15)16/h5-7,9-11,22H,4,8H2,1-3H3,(H,19,20). The molecule has 0 bridgehead atoms. The van der Waals surface area contributed by atoms with Gasteiger partial charge >= 0.3 is 6.16 Å². The summed E-state index contributed by atoms with van der Waals surface area (Å²) < 4.78 is 10.1. The molecule has 128 valence electrons. The monoisotopic (exact) mass is 331 g/mol. The highest BCUT2D eigenvalue weighted by molar-refractivity contribution is 5.95. The van der Waals surface area contributed by atoms with E-state index in [9.17, 15) is 9.59 Å². The molecule has 0 aromatic rings. The van der Waals surface area contributed by atoms with Gasteiger partial charge in [0.25, 0.3) is 5.91 Å². The summed E-state index contributed by atoms with van der Waals surface area (Å²) in [5, 5.41) is 8.85. The Morgan fingerprint density at radius 2 is 1.96 bits per heavy atom. The predicted molar refractivity (Wildman–Crippen MR) is 88.5 cm³/mol. The van der Waals surface area contributed by atoms with Crippen molar-refractivity contribution in [3.63, 3.8) is 0 Å². The Bertz CT molecular complexity index is 711. The summed E-state index contributed by atoms with van der Waals surface area (Å²) in [6.07, 6.45) is -0.00676. The molecular formula is C18H21NO5. The van der Waals surface area contributed by atoms with Gasteiger partial charge in [0.1, 0.15) is 5.75 Å². The second-order valence-corrected chi connectivity index (χ2v) is 5.81. The summed E-state index contributed by atoms with van der Waals surface area (Å²) in [4.78, 5) is 23.4. The zero-order chi connectivity index (χ0) is 17.7. The Kier molecular flexibility index (Phi) is 5.76. The molecule has 0 aromatic carbocycles. The highest BCUT2D eigenvalue weighted by Gasteiger charge is 2.20. The molecule has 0 fully saturated rings. The molecule has 0 atom stereocenters.